The van der Waals surface area contributed by atoms with E-state index in [0.717, 1.165) is 0 Å². The fraction of sp³-hybridized carbons (Fsp3) is 0.500. The average molecular weight is 132 g/mol. The minimum atomic E-state index is -5.20. The third-order valence-corrected chi connectivity index (χ3v) is 0.196. The quantitative estimate of drug-likeness (QED) is 0.369. The lowest BCUT2D eigenvalue weighted by Gasteiger charge is -1.99. The molecule has 8 heavy (non-hydrogen) atoms. The highest BCUT2D eigenvalue weighted by molar-refractivity contribution is 5.58. The van der Waals surface area contributed by atoms with Gasteiger partial charge >= 0.3 is 12.6 Å². The number of hydrogen-bond acceptors (Lipinski definition) is 2. The molecule has 0 fully saturated rings. The molecule has 0 rings (SSSR count). The molecular formula is C2F4O2. The monoisotopic (exact) mass is 132 g/mol. The van der Waals surface area contributed by atoms with E-state index in [0.29, 0.717) is 0 Å². The smallest absolute Gasteiger partial charge is 0.346 e. The van der Waals surface area contributed by atoms with Gasteiger partial charge in [0.2, 0.25) is 0 Å². The average Bonchev–Trinajstić information content (AvgIpc) is 1.21. The first-order valence-corrected chi connectivity index (χ1v) is 1.37. The van der Waals surface area contributed by atoms with Gasteiger partial charge in [0.15, 0.2) is 0 Å². The third-order valence-electron chi connectivity index (χ3n) is 0.196. The first-order valence-electron chi connectivity index (χ1n) is 1.37. The summed E-state index contributed by atoms with van der Waals surface area (Å²) in [7, 11) is 0. The zero-order valence-electron chi connectivity index (χ0n) is 3.33. The van der Waals surface area contributed by atoms with Crippen LogP contribution < -0.4 is 0 Å². The van der Waals surface area contributed by atoms with Gasteiger partial charge in [0.25, 0.3) is 0 Å². The van der Waals surface area contributed by atoms with Crippen molar-refractivity contribution >= 4 is 6.22 Å². The summed E-state index contributed by atoms with van der Waals surface area (Å²) < 4.78 is 44.6. The Morgan fingerprint density at radius 3 is 1.75 bits per heavy atom. The summed E-state index contributed by atoms with van der Waals surface area (Å²) in [5, 5.41) is 0. The lowest BCUT2D eigenvalue weighted by atomic mass is 11.3. The summed E-state index contributed by atoms with van der Waals surface area (Å²) in [6, 6.07) is 0. The van der Waals surface area contributed by atoms with Gasteiger partial charge in [-0.2, -0.15) is 0 Å². The summed E-state index contributed by atoms with van der Waals surface area (Å²) in [6.45, 7) is 0. The molecule has 0 spiro atoms. The number of carbonyl (C=O) groups is 1. The molecule has 0 saturated heterocycles. The zero-order chi connectivity index (χ0) is 6.78. The van der Waals surface area contributed by atoms with Crippen molar-refractivity contribution in [2.24, 2.45) is 0 Å². The summed E-state index contributed by atoms with van der Waals surface area (Å²) in [6.07, 6.45) is -8.05. The lowest BCUT2D eigenvalue weighted by Crippen LogP contribution is -2.14. The van der Waals surface area contributed by atoms with Crippen molar-refractivity contribution < 1.29 is 27.1 Å². The molecule has 0 aliphatic heterocycles. The van der Waals surface area contributed by atoms with Gasteiger partial charge in [-0.15, -0.1) is 17.6 Å². The maximum absolute atomic E-state index is 10.6. The van der Waals surface area contributed by atoms with E-state index in [1.165, 1.54) is 0 Å². The molecule has 0 atom stereocenters. The molecule has 0 unspecified atom stereocenters. The van der Waals surface area contributed by atoms with Crippen molar-refractivity contribution in [3.63, 3.8) is 0 Å². The van der Waals surface area contributed by atoms with Crippen LogP contribution in [0.5, 0.6) is 0 Å². The highest BCUT2D eigenvalue weighted by atomic mass is 19.4. The standard InChI is InChI=1S/C2F4O2/c3-1(7)8-2(4,5)6. The number of hydrogen-bond donors (Lipinski definition) is 0. The van der Waals surface area contributed by atoms with Gasteiger partial charge in [0, 0.05) is 0 Å². The van der Waals surface area contributed by atoms with E-state index < -0.39 is 12.6 Å². The minimum Gasteiger partial charge on any atom is -0.346 e. The Morgan fingerprint density at radius 2 is 1.75 bits per heavy atom. The zero-order valence-corrected chi connectivity index (χ0v) is 3.33. The number of alkyl halides is 3. The van der Waals surface area contributed by atoms with E-state index in [1.54, 1.807) is 0 Å². The molecule has 0 amide bonds. The van der Waals surface area contributed by atoms with Crippen molar-refractivity contribution in [1.29, 1.82) is 0 Å². The van der Waals surface area contributed by atoms with E-state index >= 15 is 0 Å². The molecule has 0 saturated carbocycles. The Morgan fingerprint density at radius 1 is 1.38 bits per heavy atom. The van der Waals surface area contributed by atoms with Crippen molar-refractivity contribution in [3.05, 3.63) is 0 Å². The van der Waals surface area contributed by atoms with E-state index in [1.807, 2.05) is 0 Å². The highest BCUT2D eigenvalue weighted by Gasteiger charge is 2.33. The normalized spacial score (nSPS) is 11.0. The second-order valence-electron chi connectivity index (χ2n) is 0.785. The van der Waals surface area contributed by atoms with Crippen LogP contribution in [0.25, 0.3) is 0 Å². The molecule has 48 valence electrons. The second kappa shape index (κ2) is 1.97. The fourth-order valence-electron chi connectivity index (χ4n) is 0.0910. The molecule has 0 N–H and O–H groups in total. The number of rotatable bonds is 0. The van der Waals surface area contributed by atoms with Gasteiger partial charge < -0.3 is 4.74 Å². The number of ether oxygens (including phenoxy) is 1. The maximum atomic E-state index is 10.6. The molecule has 6 heteroatoms. The van der Waals surface area contributed by atoms with Crippen molar-refractivity contribution in [2.45, 2.75) is 6.36 Å². The van der Waals surface area contributed by atoms with Gasteiger partial charge in [-0.05, 0) is 0 Å². The fourth-order valence-corrected chi connectivity index (χ4v) is 0.0910. The molecule has 0 aliphatic carbocycles. The van der Waals surface area contributed by atoms with Gasteiger partial charge in [-0.25, -0.2) is 4.79 Å². The predicted molar refractivity (Wildman–Crippen MR) is 13.6 cm³/mol. The molecule has 0 aliphatic rings. The molecule has 0 aromatic carbocycles. The Hall–Kier alpha value is -0.810. The van der Waals surface area contributed by atoms with E-state index in [4.69, 9.17) is 4.79 Å². The molecule has 0 heterocycles. The molecule has 0 aromatic heterocycles. The Balaban J connectivity index is 3.55. The molecule has 0 radical (unpaired) electrons. The Bertz CT molecular complexity index is 94.7. The van der Waals surface area contributed by atoms with Crippen LogP contribution in [0.1, 0.15) is 0 Å². The number of carbonyl (C=O) groups excluding carboxylic acids is 1. The SMILES string of the molecule is O=C(F)OC(F)(F)F. The van der Waals surface area contributed by atoms with Crippen molar-refractivity contribution in [3.8, 4) is 0 Å². The lowest BCUT2D eigenvalue weighted by molar-refractivity contribution is -0.294. The van der Waals surface area contributed by atoms with Crippen LogP contribution in [0, 0.1) is 0 Å². The van der Waals surface area contributed by atoms with Crippen LogP contribution in [0.15, 0.2) is 0 Å². The largest absolute Gasteiger partial charge is 0.577 e. The van der Waals surface area contributed by atoms with Gasteiger partial charge in [-0.3, -0.25) is 0 Å². The minimum absolute atomic E-state index is 2.13. The topological polar surface area (TPSA) is 26.3 Å². The van der Waals surface area contributed by atoms with Crippen LogP contribution in [0.3, 0.4) is 0 Å². The van der Waals surface area contributed by atoms with E-state index in [2.05, 4.69) is 4.74 Å². The van der Waals surface area contributed by atoms with Gasteiger partial charge in [-0.1, -0.05) is 0 Å². The maximum Gasteiger partial charge on any atom is 0.577 e. The molecular weight excluding hydrogens is 132 g/mol. The van der Waals surface area contributed by atoms with Crippen molar-refractivity contribution in [1.82, 2.24) is 0 Å². The first-order chi connectivity index (χ1) is 3.42. The molecule has 0 aromatic rings. The highest BCUT2D eigenvalue weighted by Crippen LogP contribution is 2.16. The molecule has 2 nitrogen and oxygen atoms in total. The first kappa shape index (κ1) is 7.19. The van der Waals surface area contributed by atoms with Crippen LogP contribution in [0.4, 0.5) is 22.4 Å². The summed E-state index contributed by atoms with van der Waals surface area (Å²) in [4.78, 5) is 8.85. The van der Waals surface area contributed by atoms with Crippen LogP contribution in [-0.2, 0) is 4.74 Å². The summed E-state index contributed by atoms with van der Waals surface area (Å²) >= 11 is 0. The van der Waals surface area contributed by atoms with Crippen LogP contribution >= 0.6 is 0 Å². The summed E-state index contributed by atoms with van der Waals surface area (Å²) in [5.41, 5.74) is 0. The van der Waals surface area contributed by atoms with E-state index in [9.17, 15) is 17.6 Å². The summed E-state index contributed by atoms with van der Waals surface area (Å²) in [5.74, 6) is 0. The van der Waals surface area contributed by atoms with Gasteiger partial charge in [0.1, 0.15) is 0 Å². The number of halogens is 4. The third kappa shape index (κ3) is 5.19. The van der Waals surface area contributed by atoms with Crippen LogP contribution in [0.2, 0.25) is 0 Å². The predicted octanol–water partition coefficient (Wildman–Crippen LogP) is 1.61. The second-order valence-corrected chi connectivity index (χ2v) is 0.785. The Kier molecular flexibility index (Phi) is 1.77. The van der Waals surface area contributed by atoms with E-state index in [-0.39, 0.29) is 0 Å². The van der Waals surface area contributed by atoms with Crippen LogP contribution in [-0.4, -0.2) is 12.6 Å². The van der Waals surface area contributed by atoms with Crippen molar-refractivity contribution in [2.75, 3.05) is 0 Å². The Labute approximate surface area is 41.0 Å². The van der Waals surface area contributed by atoms with Gasteiger partial charge in [0.05, 0.1) is 0 Å². The molecule has 0 bridgehead atoms.